The molecule has 0 aliphatic carbocycles. The third-order valence-corrected chi connectivity index (χ3v) is 4.59. The lowest BCUT2D eigenvalue weighted by atomic mass is 10.1. The highest BCUT2D eigenvalue weighted by Gasteiger charge is 2.04. The van der Waals surface area contributed by atoms with Crippen LogP contribution in [0.2, 0.25) is 5.02 Å². The number of aryl methyl sites for hydroxylation is 1. The van der Waals surface area contributed by atoms with Crippen molar-refractivity contribution < 1.29 is 4.79 Å². The average Bonchev–Trinajstić information content (AvgIpc) is 2.87. The topological polar surface area (TPSA) is 49.9 Å². The minimum absolute atomic E-state index is 0.197. The second-order valence-electron chi connectivity index (χ2n) is 5.36. The molecular formula is C19H14ClNO2S. The summed E-state index contributed by atoms with van der Waals surface area (Å²) in [5.74, 6) is -0.197. The Balaban J connectivity index is 2.00. The van der Waals surface area contributed by atoms with Crippen molar-refractivity contribution in [2.45, 2.75) is 6.92 Å². The molecule has 0 fully saturated rings. The fourth-order valence-electron chi connectivity index (χ4n) is 2.28. The van der Waals surface area contributed by atoms with E-state index in [9.17, 15) is 9.59 Å². The summed E-state index contributed by atoms with van der Waals surface area (Å²) in [6.45, 7) is 2.00. The maximum atomic E-state index is 12.3. The fraction of sp³-hybridized carbons (Fsp3) is 0.0526. The van der Waals surface area contributed by atoms with Crippen molar-refractivity contribution in [2.75, 3.05) is 0 Å². The van der Waals surface area contributed by atoms with Crippen LogP contribution in [0.25, 0.3) is 12.2 Å². The molecule has 24 heavy (non-hydrogen) atoms. The standard InChI is InChI=1S/C19H14ClNO2S/c1-12-4-2-5-13(8-12)9-17-19(23)21-18(24-17)11-16(22)14-6-3-7-15(20)10-14/h2-11H,1H3,(H,21,23)/b17-9-,18-11-. The van der Waals surface area contributed by atoms with Gasteiger partial charge >= 0.3 is 0 Å². The lowest BCUT2D eigenvalue weighted by Gasteiger charge is -1.95. The summed E-state index contributed by atoms with van der Waals surface area (Å²) in [6, 6.07) is 14.6. The minimum Gasteiger partial charge on any atom is -0.313 e. The Morgan fingerprint density at radius 2 is 1.96 bits per heavy atom. The molecule has 0 saturated heterocycles. The number of ketones is 1. The Morgan fingerprint density at radius 3 is 2.71 bits per heavy atom. The number of rotatable bonds is 3. The van der Waals surface area contributed by atoms with E-state index in [-0.39, 0.29) is 11.3 Å². The van der Waals surface area contributed by atoms with Crippen LogP contribution >= 0.6 is 22.9 Å². The third-order valence-electron chi connectivity index (χ3n) is 3.39. The van der Waals surface area contributed by atoms with Crippen LogP contribution < -0.4 is 14.8 Å². The van der Waals surface area contributed by atoms with Gasteiger partial charge in [-0.2, -0.15) is 0 Å². The molecule has 0 aliphatic heterocycles. The number of hydrogen-bond acceptors (Lipinski definition) is 3. The van der Waals surface area contributed by atoms with Crippen LogP contribution in [0.15, 0.2) is 53.3 Å². The van der Waals surface area contributed by atoms with Crippen molar-refractivity contribution in [3.8, 4) is 0 Å². The molecule has 5 heteroatoms. The Hall–Kier alpha value is -2.43. The normalized spacial score (nSPS) is 12.6. The predicted octanol–water partition coefficient (Wildman–Crippen LogP) is 2.89. The van der Waals surface area contributed by atoms with Crippen LogP contribution in [0.4, 0.5) is 0 Å². The van der Waals surface area contributed by atoms with Gasteiger partial charge in [-0.15, -0.1) is 11.3 Å². The molecule has 0 aliphatic rings. The molecule has 1 N–H and O–H groups in total. The van der Waals surface area contributed by atoms with Gasteiger partial charge < -0.3 is 4.98 Å². The molecule has 0 saturated carbocycles. The quantitative estimate of drug-likeness (QED) is 0.734. The number of aromatic amines is 1. The molecule has 0 spiro atoms. The van der Waals surface area contributed by atoms with Gasteiger partial charge in [0.05, 0.1) is 9.20 Å². The fourth-order valence-corrected chi connectivity index (χ4v) is 3.36. The molecule has 0 amide bonds. The molecule has 120 valence electrons. The van der Waals surface area contributed by atoms with Gasteiger partial charge in [0, 0.05) is 16.7 Å². The van der Waals surface area contributed by atoms with Gasteiger partial charge in [-0.1, -0.05) is 53.6 Å². The van der Waals surface area contributed by atoms with E-state index in [1.807, 2.05) is 37.3 Å². The van der Waals surface area contributed by atoms with Crippen molar-refractivity contribution in [3.05, 3.63) is 89.8 Å². The zero-order valence-corrected chi connectivity index (χ0v) is 14.4. The number of H-pyrrole nitrogens is 1. The van der Waals surface area contributed by atoms with Crippen molar-refractivity contribution in [1.29, 1.82) is 0 Å². The van der Waals surface area contributed by atoms with Crippen molar-refractivity contribution >= 4 is 40.9 Å². The van der Waals surface area contributed by atoms with Gasteiger partial charge in [0.15, 0.2) is 5.78 Å². The molecule has 3 nitrogen and oxygen atoms in total. The maximum Gasteiger partial charge on any atom is 0.266 e. The molecule has 2 aromatic carbocycles. The van der Waals surface area contributed by atoms with Gasteiger partial charge in [-0.3, -0.25) is 9.59 Å². The van der Waals surface area contributed by atoms with Gasteiger partial charge in [0.2, 0.25) is 0 Å². The molecule has 0 atom stereocenters. The number of Topliss-reactive ketones (excluding diaryl/α,β-unsaturated/α-hetero) is 1. The maximum absolute atomic E-state index is 12.3. The molecule has 1 aromatic heterocycles. The Labute approximate surface area is 147 Å². The van der Waals surface area contributed by atoms with Gasteiger partial charge in [-0.25, -0.2) is 0 Å². The van der Waals surface area contributed by atoms with E-state index in [4.69, 9.17) is 11.6 Å². The van der Waals surface area contributed by atoms with E-state index in [0.717, 1.165) is 11.1 Å². The van der Waals surface area contributed by atoms with Crippen LogP contribution in [0, 0.1) is 6.92 Å². The highest BCUT2D eigenvalue weighted by atomic mass is 35.5. The number of carbonyl (C=O) groups is 1. The average molecular weight is 356 g/mol. The molecule has 3 aromatic rings. The summed E-state index contributed by atoms with van der Waals surface area (Å²) in [4.78, 5) is 27.0. The second kappa shape index (κ2) is 6.99. The van der Waals surface area contributed by atoms with Crippen molar-refractivity contribution in [1.82, 2.24) is 4.98 Å². The van der Waals surface area contributed by atoms with E-state index in [2.05, 4.69) is 4.98 Å². The first kappa shape index (κ1) is 16.4. The summed E-state index contributed by atoms with van der Waals surface area (Å²) in [7, 11) is 0. The smallest absolute Gasteiger partial charge is 0.266 e. The van der Waals surface area contributed by atoms with Crippen molar-refractivity contribution in [3.63, 3.8) is 0 Å². The first-order valence-corrected chi connectivity index (χ1v) is 8.50. The van der Waals surface area contributed by atoms with E-state index >= 15 is 0 Å². The zero-order valence-electron chi connectivity index (χ0n) is 12.9. The molecule has 0 unspecified atom stereocenters. The summed E-state index contributed by atoms with van der Waals surface area (Å²) in [5, 5.41) is 0.502. The Kier molecular flexibility index (Phi) is 4.79. The second-order valence-corrected chi connectivity index (χ2v) is 6.88. The lowest BCUT2D eigenvalue weighted by Crippen LogP contribution is -2.20. The number of aromatic nitrogens is 1. The number of halogens is 1. The molecular weight excluding hydrogens is 342 g/mol. The number of carbonyl (C=O) groups excluding carboxylic acids is 1. The largest absolute Gasteiger partial charge is 0.313 e. The van der Waals surface area contributed by atoms with Gasteiger partial charge in [0.1, 0.15) is 0 Å². The first-order chi connectivity index (χ1) is 11.5. The Bertz CT molecular complexity index is 1080. The SMILES string of the molecule is Cc1cccc(/C=c2\s/c(=C\C(=O)c3cccc(Cl)c3)[nH]c2=O)c1. The predicted molar refractivity (Wildman–Crippen MR) is 99.2 cm³/mol. The van der Waals surface area contributed by atoms with Crippen LogP contribution in [-0.4, -0.2) is 10.8 Å². The van der Waals surface area contributed by atoms with E-state index < -0.39 is 0 Å². The van der Waals surface area contributed by atoms with E-state index in [1.165, 1.54) is 17.4 Å². The highest BCUT2D eigenvalue weighted by Crippen LogP contribution is 2.11. The summed E-state index contributed by atoms with van der Waals surface area (Å²) in [5.41, 5.74) is 2.36. The van der Waals surface area contributed by atoms with Crippen LogP contribution in [0.5, 0.6) is 0 Å². The minimum atomic E-state index is -0.202. The van der Waals surface area contributed by atoms with Gasteiger partial charge in [0.25, 0.3) is 5.56 Å². The number of hydrogen-bond donors (Lipinski definition) is 1. The Morgan fingerprint density at radius 1 is 1.17 bits per heavy atom. The van der Waals surface area contributed by atoms with Crippen molar-refractivity contribution in [2.24, 2.45) is 0 Å². The molecule has 0 radical (unpaired) electrons. The van der Waals surface area contributed by atoms with Gasteiger partial charge in [-0.05, 0) is 30.7 Å². The first-order valence-electron chi connectivity index (χ1n) is 7.30. The van der Waals surface area contributed by atoms with Crippen LogP contribution in [0.1, 0.15) is 21.5 Å². The van der Waals surface area contributed by atoms with E-state index in [0.29, 0.717) is 19.8 Å². The van der Waals surface area contributed by atoms with Crippen LogP contribution in [0.3, 0.4) is 0 Å². The van der Waals surface area contributed by atoms with Crippen LogP contribution in [-0.2, 0) is 0 Å². The highest BCUT2D eigenvalue weighted by molar-refractivity contribution is 7.07. The lowest BCUT2D eigenvalue weighted by molar-refractivity contribution is 0.106. The summed E-state index contributed by atoms with van der Waals surface area (Å²) >= 11 is 7.15. The number of benzene rings is 2. The summed E-state index contributed by atoms with van der Waals surface area (Å²) < 4.78 is 1.08. The molecule has 0 bridgehead atoms. The van der Waals surface area contributed by atoms with E-state index in [1.54, 1.807) is 24.3 Å². The molecule has 3 rings (SSSR count). The molecule has 1 heterocycles. The summed E-state index contributed by atoms with van der Waals surface area (Å²) in [6.07, 6.45) is 3.24. The number of nitrogens with one attached hydrogen (secondary N) is 1. The number of thiazole rings is 1. The monoisotopic (exact) mass is 355 g/mol. The third kappa shape index (κ3) is 3.91. The zero-order chi connectivity index (χ0) is 17.1.